The minimum Gasteiger partial charge on any atom is -0.252 e. The molecule has 0 aliphatic rings. The van der Waals surface area contributed by atoms with Crippen molar-refractivity contribution in [1.82, 2.24) is 4.98 Å². The molecule has 1 aromatic carbocycles. The van der Waals surface area contributed by atoms with Crippen LogP contribution in [0.15, 0.2) is 46.1 Å². The maximum atomic E-state index is 12.1. The largest absolute Gasteiger partial charge is 0.265 e. The van der Waals surface area contributed by atoms with E-state index < -0.39 is 10.0 Å². The third-order valence-corrected chi connectivity index (χ3v) is 4.49. The van der Waals surface area contributed by atoms with Gasteiger partial charge in [-0.05, 0) is 12.1 Å². The molecule has 0 radical (unpaired) electrons. The molecule has 84 valence electrons. The van der Waals surface area contributed by atoms with E-state index in [4.69, 9.17) is 0 Å². The highest BCUT2D eigenvalue weighted by Gasteiger charge is 2.21. The van der Waals surface area contributed by atoms with Gasteiger partial charge in [0.1, 0.15) is 0 Å². The van der Waals surface area contributed by atoms with Gasteiger partial charge in [-0.1, -0.05) is 18.2 Å². The lowest BCUT2D eigenvalue weighted by Crippen LogP contribution is -2.26. The van der Waals surface area contributed by atoms with Gasteiger partial charge in [0.2, 0.25) is 0 Å². The molecular weight excluding hydrogens is 244 g/mol. The number of anilines is 1. The lowest BCUT2D eigenvalue weighted by atomic mass is 10.4. The number of hydrogen-bond acceptors (Lipinski definition) is 4. The monoisotopic (exact) mass is 254 g/mol. The Bertz CT molecular complexity index is 550. The number of sulfonamides is 1. The molecule has 4 nitrogen and oxygen atoms in total. The fourth-order valence-electron chi connectivity index (χ4n) is 1.24. The summed E-state index contributed by atoms with van der Waals surface area (Å²) in [5.41, 5.74) is 1.60. The number of benzene rings is 1. The summed E-state index contributed by atoms with van der Waals surface area (Å²) in [5.74, 6) is 0.439. The minimum atomic E-state index is -3.48. The zero-order valence-corrected chi connectivity index (χ0v) is 10.2. The molecule has 0 bridgehead atoms. The normalized spacial score (nSPS) is 11.3. The highest BCUT2D eigenvalue weighted by molar-refractivity contribution is 7.92. The molecule has 16 heavy (non-hydrogen) atoms. The molecule has 1 heterocycles. The Kier molecular flexibility index (Phi) is 2.93. The molecule has 0 saturated carbocycles. The zero-order chi connectivity index (χ0) is 11.6. The van der Waals surface area contributed by atoms with Crippen molar-refractivity contribution in [3.8, 4) is 0 Å². The van der Waals surface area contributed by atoms with E-state index in [1.54, 1.807) is 41.2 Å². The van der Waals surface area contributed by atoms with Gasteiger partial charge in [-0.15, -0.1) is 11.3 Å². The van der Waals surface area contributed by atoms with Crippen LogP contribution in [0.25, 0.3) is 0 Å². The van der Waals surface area contributed by atoms with Crippen molar-refractivity contribution in [2.24, 2.45) is 0 Å². The molecule has 0 saturated heterocycles. The Balaban J connectivity index is 2.41. The molecule has 0 aliphatic carbocycles. The van der Waals surface area contributed by atoms with E-state index in [0.29, 0.717) is 5.82 Å². The van der Waals surface area contributed by atoms with Crippen LogP contribution in [0.1, 0.15) is 0 Å². The molecule has 0 fully saturated rings. The van der Waals surface area contributed by atoms with Crippen molar-refractivity contribution >= 4 is 27.2 Å². The quantitative estimate of drug-likeness (QED) is 0.841. The molecule has 0 amide bonds. The molecule has 0 unspecified atom stereocenters. The summed E-state index contributed by atoms with van der Waals surface area (Å²) in [6, 6.07) is 8.31. The highest BCUT2D eigenvalue weighted by Crippen LogP contribution is 2.20. The Morgan fingerprint density at radius 3 is 2.50 bits per heavy atom. The second-order valence-corrected chi connectivity index (χ2v) is 5.82. The first kappa shape index (κ1) is 11.1. The Morgan fingerprint density at radius 1 is 1.25 bits per heavy atom. The van der Waals surface area contributed by atoms with E-state index in [1.165, 1.54) is 22.7 Å². The minimum absolute atomic E-state index is 0.269. The van der Waals surface area contributed by atoms with Crippen molar-refractivity contribution in [3.63, 3.8) is 0 Å². The summed E-state index contributed by atoms with van der Waals surface area (Å²) in [4.78, 5) is 4.24. The van der Waals surface area contributed by atoms with Gasteiger partial charge in [0.25, 0.3) is 10.0 Å². The summed E-state index contributed by atoms with van der Waals surface area (Å²) < 4.78 is 25.4. The van der Waals surface area contributed by atoms with E-state index >= 15 is 0 Å². The van der Waals surface area contributed by atoms with Crippen LogP contribution < -0.4 is 4.31 Å². The van der Waals surface area contributed by atoms with Crippen LogP contribution in [0.2, 0.25) is 0 Å². The Hall–Kier alpha value is -1.40. The van der Waals surface area contributed by atoms with Crippen LogP contribution in [-0.4, -0.2) is 20.4 Å². The highest BCUT2D eigenvalue weighted by atomic mass is 32.2. The number of aromatic nitrogens is 1. The summed E-state index contributed by atoms with van der Waals surface area (Å²) in [5, 5.41) is 1.69. The third kappa shape index (κ3) is 1.94. The van der Waals surface area contributed by atoms with Gasteiger partial charge in [-0.3, -0.25) is 4.31 Å². The second-order valence-electron chi connectivity index (χ2n) is 3.13. The van der Waals surface area contributed by atoms with Gasteiger partial charge in [0.05, 0.1) is 10.4 Å². The molecule has 0 N–H and O–H groups in total. The van der Waals surface area contributed by atoms with E-state index in [-0.39, 0.29) is 4.90 Å². The Labute approximate surface area is 98.2 Å². The van der Waals surface area contributed by atoms with Gasteiger partial charge >= 0.3 is 0 Å². The van der Waals surface area contributed by atoms with E-state index in [9.17, 15) is 8.42 Å². The first-order valence-corrected chi connectivity index (χ1v) is 6.93. The SMILES string of the molecule is CN(c1cscn1)S(=O)(=O)c1ccccc1. The predicted octanol–water partition coefficient (Wildman–Crippen LogP) is 1.97. The smallest absolute Gasteiger partial charge is 0.252 e. The Morgan fingerprint density at radius 2 is 1.94 bits per heavy atom. The van der Waals surface area contributed by atoms with Crippen LogP contribution in [0.3, 0.4) is 0 Å². The van der Waals surface area contributed by atoms with Gasteiger partial charge in [0, 0.05) is 12.4 Å². The molecule has 6 heteroatoms. The maximum Gasteiger partial charge on any atom is 0.265 e. The van der Waals surface area contributed by atoms with Crippen molar-refractivity contribution in [2.45, 2.75) is 4.90 Å². The fraction of sp³-hybridized carbons (Fsp3) is 0.100. The van der Waals surface area contributed by atoms with E-state index in [2.05, 4.69) is 4.98 Å². The average Bonchev–Trinajstić information content (AvgIpc) is 2.82. The van der Waals surface area contributed by atoms with Crippen LogP contribution in [-0.2, 0) is 10.0 Å². The molecule has 0 spiro atoms. The van der Waals surface area contributed by atoms with Crippen molar-refractivity contribution < 1.29 is 8.42 Å². The van der Waals surface area contributed by atoms with Gasteiger partial charge in [-0.25, -0.2) is 13.4 Å². The topological polar surface area (TPSA) is 50.3 Å². The second kappa shape index (κ2) is 4.23. The number of thiazole rings is 1. The van der Waals surface area contributed by atoms with E-state index in [1.807, 2.05) is 0 Å². The van der Waals surface area contributed by atoms with Crippen LogP contribution in [0.5, 0.6) is 0 Å². The molecule has 0 atom stereocenters. The van der Waals surface area contributed by atoms with Crippen LogP contribution in [0.4, 0.5) is 5.82 Å². The fourth-order valence-corrected chi connectivity index (χ4v) is 3.04. The van der Waals surface area contributed by atoms with Crippen LogP contribution in [0, 0.1) is 0 Å². The average molecular weight is 254 g/mol. The zero-order valence-electron chi connectivity index (χ0n) is 8.57. The lowest BCUT2D eigenvalue weighted by Gasteiger charge is -2.16. The van der Waals surface area contributed by atoms with Gasteiger partial charge < -0.3 is 0 Å². The van der Waals surface area contributed by atoms with Gasteiger partial charge in [0.15, 0.2) is 5.82 Å². The molecule has 0 aliphatic heterocycles. The summed E-state index contributed by atoms with van der Waals surface area (Å²) in [6.45, 7) is 0. The van der Waals surface area contributed by atoms with Crippen molar-refractivity contribution in [3.05, 3.63) is 41.2 Å². The van der Waals surface area contributed by atoms with Crippen molar-refractivity contribution in [2.75, 3.05) is 11.4 Å². The number of rotatable bonds is 3. The molecular formula is C10H10N2O2S2. The summed E-state index contributed by atoms with van der Waals surface area (Å²) in [7, 11) is -1.99. The first-order chi connectivity index (χ1) is 7.62. The number of hydrogen-bond donors (Lipinski definition) is 0. The van der Waals surface area contributed by atoms with E-state index in [0.717, 1.165) is 0 Å². The maximum absolute atomic E-state index is 12.1. The predicted molar refractivity (Wildman–Crippen MR) is 64.1 cm³/mol. The standard InChI is InChI=1S/C10H10N2O2S2/c1-12(10-7-15-8-11-10)16(13,14)9-5-3-2-4-6-9/h2-8H,1H3. The summed E-state index contributed by atoms with van der Waals surface area (Å²) in [6.07, 6.45) is 0. The molecule has 1 aromatic heterocycles. The number of nitrogens with zero attached hydrogens (tertiary/aromatic N) is 2. The lowest BCUT2D eigenvalue weighted by molar-refractivity contribution is 0.594. The molecule has 2 rings (SSSR count). The first-order valence-electron chi connectivity index (χ1n) is 4.54. The van der Waals surface area contributed by atoms with Gasteiger partial charge in [-0.2, -0.15) is 0 Å². The molecule has 2 aromatic rings. The summed E-state index contributed by atoms with van der Waals surface area (Å²) >= 11 is 1.36. The van der Waals surface area contributed by atoms with Crippen LogP contribution >= 0.6 is 11.3 Å². The third-order valence-electron chi connectivity index (χ3n) is 2.14. The van der Waals surface area contributed by atoms with Crippen molar-refractivity contribution in [1.29, 1.82) is 0 Å².